The first-order valence-electron chi connectivity index (χ1n) is 4.77. The van der Waals surface area contributed by atoms with E-state index in [0.717, 1.165) is 24.6 Å². The lowest BCUT2D eigenvalue weighted by molar-refractivity contribution is 0.278. The molecular weight excluding hydrogens is 164 g/mol. The molecule has 0 bridgehead atoms. The van der Waals surface area contributed by atoms with Crippen molar-refractivity contribution in [3.05, 3.63) is 18.0 Å². The number of hydrogen-bond donors (Lipinski definition) is 0. The highest BCUT2D eigenvalue weighted by Gasteiger charge is 2.20. The normalized spacial score (nSPS) is 15.8. The lowest BCUT2D eigenvalue weighted by atomic mass is 10.3. The predicted octanol–water partition coefficient (Wildman–Crippen LogP) is 1.96. The number of hydrogen-bond acceptors (Lipinski definition) is 3. The van der Waals surface area contributed by atoms with E-state index in [-0.39, 0.29) is 0 Å². The Morgan fingerprint density at radius 2 is 2.38 bits per heavy atom. The van der Waals surface area contributed by atoms with Gasteiger partial charge in [-0.3, -0.25) is 0 Å². The largest absolute Gasteiger partial charge is 0.463 e. The summed E-state index contributed by atoms with van der Waals surface area (Å²) in [5, 5.41) is 0. The molecule has 1 aliphatic carbocycles. The van der Waals surface area contributed by atoms with Gasteiger partial charge in [0, 0.05) is 11.9 Å². The highest BCUT2D eigenvalue weighted by atomic mass is 16.5. The van der Waals surface area contributed by atoms with Crippen LogP contribution in [0.25, 0.3) is 0 Å². The Labute approximate surface area is 78.2 Å². The minimum absolute atomic E-state index is 0.514. The molecule has 0 aromatic carbocycles. The van der Waals surface area contributed by atoms with Crippen LogP contribution in [0.4, 0.5) is 0 Å². The fraction of sp³-hybridized carbons (Fsp3) is 0.600. The fourth-order valence-corrected chi connectivity index (χ4v) is 1.22. The van der Waals surface area contributed by atoms with Crippen molar-refractivity contribution in [2.24, 2.45) is 5.92 Å². The van der Waals surface area contributed by atoms with Crippen LogP contribution < -0.4 is 4.74 Å². The molecule has 0 radical (unpaired) electrons. The molecule has 1 heterocycles. The molecule has 0 amide bonds. The summed E-state index contributed by atoms with van der Waals surface area (Å²) in [4.78, 5) is 8.18. The van der Waals surface area contributed by atoms with E-state index >= 15 is 0 Å². The molecule has 0 N–H and O–H groups in total. The molecule has 0 atom stereocenters. The van der Waals surface area contributed by atoms with Gasteiger partial charge in [0.1, 0.15) is 0 Å². The number of rotatable bonds is 4. The van der Waals surface area contributed by atoms with Crippen molar-refractivity contribution in [3.63, 3.8) is 0 Å². The Bertz CT molecular complexity index is 284. The predicted molar refractivity (Wildman–Crippen MR) is 49.6 cm³/mol. The van der Waals surface area contributed by atoms with Crippen LogP contribution in [0.2, 0.25) is 0 Å². The maximum Gasteiger partial charge on any atom is 0.316 e. The third kappa shape index (κ3) is 2.68. The number of aryl methyl sites for hydroxylation is 1. The first-order valence-corrected chi connectivity index (χ1v) is 4.77. The molecule has 1 fully saturated rings. The van der Waals surface area contributed by atoms with Gasteiger partial charge >= 0.3 is 6.01 Å². The van der Waals surface area contributed by atoms with Gasteiger partial charge in [-0.2, -0.15) is 0 Å². The second kappa shape index (κ2) is 3.73. The van der Waals surface area contributed by atoms with Crippen LogP contribution in [0.15, 0.2) is 12.3 Å². The first-order chi connectivity index (χ1) is 6.34. The topological polar surface area (TPSA) is 35.0 Å². The minimum atomic E-state index is 0.514. The Balaban J connectivity index is 1.79. The summed E-state index contributed by atoms with van der Waals surface area (Å²) >= 11 is 0. The molecule has 13 heavy (non-hydrogen) atoms. The fourth-order valence-electron chi connectivity index (χ4n) is 1.22. The van der Waals surface area contributed by atoms with Crippen LogP contribution in [0.3, 0.4) is 0 Å². The molecule has 1 aromatic heterocycles. The van der Waals surface area contributed by atoms with E-state index in [2.05, 4.69) is 9.97 Å². The molecule has 3 heteroatoms. The summed E-state index contributed by atoms with van der Waals surface area (Å²) in [6.07, 6.45) is 5.63. The summed E-state index contributed by atoms with van der Waals surface area (Å²) in [6.45, 7) is 2.70. The van der Waals surface area contributed by atoms with Gasteiger partial charge in [-0.25, -0.2) is 9.97 Å². The van der Waals surface area contributed by atoms with Crippen LogP contribution in [0, 0.1) is 12.8 Å². The molecule has 1 aromatic rings. The van der Waals surface area contributed by atoms with Crippen molar-refractivity contribution >= 4 is 0 Å². The van der Waals surface area contributed by atoms with Crippen molar-refractivity contribution in [3.8, 4) is 6.01 Å². The van der Waals surface area contributed by atoms with Gasteiger partial charge in [0.2, 0.25) is 0 Å². The molecule has 0 spiro atoms. The summed E-state index contributed by atoms with van der Waals surface area (Å²) in [5.74, 6) is 0.907. The standard InChI is InChI=1S/C10H14N2O/c1-8-4-6-11-10(12-8)13-7-5-9-2-3-9/h4,6,9H,2-3,5,7H2,1H3. The zero-order valence-corrected chi connectivity index (χ0v) is 7.86. The summed E-state index contributed by atoms with van der Waals surface area (Å²) in [5.41, 5.74) is 0.955. The lowest BCUT2D eigenvalue weighted by Crippen LogP contribution is -2.02. The second-order valence-corrected chi connectivity index (χ2v) is 3.56. The van der Waals surface area contributed by atoms with Crippen LogP contribution in [0.5, 0.6) is 6.01 Å². The molecule has 70 valence electrons. The molecule has 0 saturated heterocycles. The number of nitrogens with zero attached hydrogens (tertiary/aromatic N) is 2. The Morgan fingerprint density at radius 1 is 1.54 bits per heavy atom. The Hall–Kier alpha value is -1.12. The van der Waals surface area contributed by atoms with E-state index in [1.807, 2.05) is 13.0 Å². The van der Waals surface area contributed by atoms with Gasteiger partial charge in [0.25, 0.3) is 0 Å². The average Bonchev–Trinajstić information content (AvgIpc) is 2.88. The molecule has 1 aliphatic rings. The minimum Gasteiger partial charge on any atom is -0.463 e. The Kier molecular flexibility index (Phi) is 2.43. The van der Waals surface area contributed by atoms with E-state index in [0.29, 0.717) is 6.01 Å². The van der Waals surface area contributed by atoms with Gasteiger partial charge in [0.15, 0.2) is 0 Å². The van der Waals surface area contributed by atoms with E-state index in [1.54, 1.807) is 6.20 Å². The highest BCUT2D eigenvalue weighted by molar-refractivity contribution is 5.02. The average molecular weight is 178 g/mol. The van der Waals surface area contributed by atoms with Crippen molar-refractivity contribution in [2.45, 2.75) is 26.2 Å². The van der Waals surface area contributed by atoms with Crippen LogP contribution in [0.1, 0.15) is 25.0 Å². The quantitative estimate of drug-likeness (QED) is 0.707. The molecule has 2 rings (SSSR count). The van der Waals surface area contributed by atoms with Crippen molar-refractivity contribution in [2.75, 3.05) is 6.61 Å². The van der Waals surface area contributed by atoms with Gasteiger partial charge in [0.05, 0.1) is 6.61 Å². The molecule has 1 saturated carbocycles. The molecule has 0 unspecified atom stereocenters. The van der Waals surface area contributed by atoms with Gasteiger partial charge in [-0.05, 0) is 25.3 Å². The Morgan fingerprint density at radius 3 is 3.08 bits per heavy atom. The van der Waals surface area contributed by atoms with E-state index < -0.39 is 0 Å². The second-order valence-electron chi connectivity index (χ2n) is 3.56. The molecule has 3 nitrogen and oxygen atoms in total. The zero-order valence-electron chi connectivity index (χ0n) is 7.86. The van der Waals surface area contributed by atoms with E-state index in [9.17, 15) is 0 Å². The van der Waals surface area contributed by atoms with Crippen molar-refractivity contribution in [1.82, 2.24) is 9.97 Å². The van der Waals surface area contributed by atoms with Gasteiger partial charge in [-0.15, -0.1) is 0 Å². The molecule has 0 aliphatic heterocycles. The number of ether oxygens (including phenoxy) is 1. The van der Waals surface area contributed by atoms with Gasteiger partial charge in [-0.1, -0.05) is 12.8 Å². The zero-order chi connectivity index (χ0) is 9.10. The third-order valence-corrected chi connectivity index (χ3v) is 2.23. The molecular formula is C10H14N2O. The monoisotopic (exact) mass is 178 g/mol. The highest BCUT2D eigenvalue weighted by Crippen LogP contribution is 2.32. The number of aromatic nitrogens is 2. The summed E-state index contributed by atoms with van der Waals surface area (Å²) < 4.78 is 5.42. The summed E-state index contributed by atoms with van der Waals surface area (Å²) in [7, 11) is 0. The van der Waals surface area contributed by atoms with Crippen molar-refractivity contribution in [1.29, 1.82) is 0 Å². The SMILES string of the molecule is Cc1ccnc(OCCC2CC2)n1. The van der Waals surface area contributed by atoms with Crippen LogP contribution >= 0.6 is 0 Å². The maximum atomic E-state index is 5.42. The summed E-state index contributed by atoms with van der Waals surface area (Å²) in [6, 6.07) is 2.38. The smallest absolute Gasteiger partial charge is 0.316 e. The first kappa shape index (κ1) is 8.48. The van der Waals surface area contributed by atoms with Crippen molar-refractivity contribution < 1.29 is 4.74 Å². The third-order valence-electron chi connectivity index (χ3n) is 2.23. The van der Waals surface area contributed by atoms with Crippen LogP contribution in [-0.2, 0) is 0 Å². The van der Waals surface area contributed by atoms with E-state index in [1.165, 1.54) is 12.8 Å². The van der Waals surface area contributed by atoms with Crippen LogP contribution in [-0.4, -0.2) is 16.6 Å². The maximum absolute atomic E-state index is 5.42. The van der Waals surface area contributed by atoms with E-state index in [4.69, 9.17) is 4.74 Å². The van der Waals surface area contributed by atoms with Gasteiger partial charge < -0.3 is 4.74 Å². The lowest BCUT2D eigenvalue weighted by Gasteiger charge is -2.02.